The minimum Gasteiger partial charge on any atom is -0.0848 e. The Bertz CT molecular complexity index is 295. The van der Waals surface area contributed by atoms with E-state index in [1.165, 1.54) is 19.3 Å². The van der Waals surface area contributed by atoms with Crippen LogP contribution in [0.1, 0.15) is 47.0 Å². The summed E-state index contributed by atoms with van der Waals surface area (Å²) in [6, 6.07) is 0. The van der Waals surface area contributed by atoms with Crippen LogP contribution in [0.25, 0.3) is 0 Å². The number of allylic oxidation sites excluding steroid dienone is 4. The lowest BCUT2D eigenvalue weighted by Crippen LogP contribution is -2.30. The van der Waals surface area contributed by atoms with Crippen molar-refractivity contribution in [2.75, 3.05) is 0 Å². The summed E-state index contributed by atoms with van der Waals surface area (Å²) in [5.74, 6) is 2.32. The Labute approximate surface area is 94.5 Å². The summed E-state index contributed by atoms with van der Waals surface area (Å²) in [5.41, 5.74) is 2.14. The third-order valence-electron chi connectivity index (χ3n) is 4.47. The smallest absolute Gasteiger partial charge is 0.0122 e. The van der Waals surface area contributed by atoms with Crippen molar-refractivity contribution >= 4 is 0 Å². The SMILES string of the molecule is CC1C=CC2(CC1)C(C(C)C)=CC[C@@H]2C. The minimum atomic E-state index is 0.431. The monoisotopic (exact) mass is 204 g/mol. The van der Waals surface area contributed by atoms with Gasteiger partial charge in [-0.25, -0.2) is 0 Å². The van der Waals surface area contributed by atoms with E-state index < -0.39 is 0 Å². The van der Waals surface area contributed by atoms with Crippen LogP contribution in [0, 0.1) is 23.2 Å². The van der Waals surface area contributed by atoms with Gasteiger partial charge in [0, 0.05) is 5.41 Å². The van der Waals surface area contributed by atoms with Gasteiger partial charge < -0.3 is 0 Å². The molecule has 0 fully saturated rings. The Morgan fingerprint density at radius 1 is 1.33 bits per heavy atom. The quantitative estimate of drug-likeness (QED) is 0.548. The fraction of sp³-hybridized carbons (Fsp3) is 0.733. The van der Waals surface area contributed by atoms with Crippen molar-refractivity contribution < 1.29 is 0 Å². The molecular formula is C15H24. The van der Waals surface area contributed by atoms with E-state index in [0.717, 1.165) is 11.8 Å². The molecule has 0 heteroatoms. The molecule has 84 valence electrons. The van der Waals surface area contributed by atoms with E-state index in [2.05, 4.69) is 45.9 Å². The molecule has 2 unspecified atom stereocenters. The highest BCUT2D eigenvalue weighted by Gasteiger charge is 2.42. The molecule has 2 aliphatic rings. The van der Waals surface area contributed by atoms with Gasteiger partial charge in [0.15, 0.2) is 0 Å². The molecule has 15 heavy (non-hydrogen) atoms. The van der Waals surface area contributed by atoms with Gasteiger partial charge in [0.25, 0.3) is 0 Å². The Hall–Kier alpha value is -0.520. The van der Waals surface area contributed by atoms with Gasteiger partial charge in [-0.1, -0.05) is 51.5 Å². The van der Waals surface area contributed by atoms with Gasteiger partial charge in [0.1, 0.15) is 0 Å². The maximum atomic E-state index is 2.53. The van der Waals surface area contributed by atoms with Crippen molar-refractivity contribution in [2.45, 2.75) is 47.0 Å². The zero-order chi connectivity index (χ0) is 11.1. The lowest BCUT2D eigenvalue weighted by molar-refractivity contribution is 0.257. The molecule has 0 saturated carbocycles. The fourth-order valence-electron chi connectivity index (χ4n) is 3.40. The van der Waals surface area contributed by atoms with Crippen molar-refractivity contribution in [1.29, 1.82) is 0 Å². The van der Waals surface area contributed by atoms with Gasteiger partial charge in [0.2, 0.25) is 0 Å². The third kappa shape index (κ3) is 1.68. The van der Waals surface area contributed by atoms with Crippen molar-refractivity contribution in [3.63, 3.8) is 0 Å². The minimum absolute atomic E-state index is 0.431. The molecule has 0 radical (unpaired) electrons. The summed E-state index contributed by atoms with van der Waals surface area (Å²) in [4.78, 5) is 0. The van der Waals surface area contributed by atoms with E-state index in [0.29, 0.717) is 11.3 Å². The molecular weight excluding hydrogens is 180 g/mol. The van der Waals surface area contributed by atoms with Crippen LogP contribution in [-0.4, -0.2) is 0 Å². The molecule has 0 heterocycles. The highest BCUT2D eigenvalue weighted by atomic mass is 14.5. The molecule has 0 N–H and O–H groups in total. The topological polar surface area (TPSA) is 0 Å². The van der Waals surface area contributed by atoms with E-state index in [4.69, 9.17) is 0 Å². The average Bonchev–Trinajstić information content (AvgIpc) is 2.50. The molecule has 0 bridgehead atoms. The van der Waals surface area contributed by atoms with E-state index in [1.807, 2.05) is 0 Å². The predicted molar refractivity (Wildman–Crippen MR) is 66.7 cm³/mol. The van der Waals surface area contributed by atoms with Crippen LogP contribution in [0.15, 0.2) is 23.8 Å². The second-order valence-electron chi connectivity index (χ2n) is 5.87. The molecule has 1 spiro atoms. The second-order valence-corrected chi connectivity index (χ2v) is 5.87. The molecule has 0 amide bonds. The van der Waals surface area contributed by atoms with Gasteiger partial charge in [-0.15, -0.1) is 0 Å². The van der Waals surface area contributed by atoms with E-state index in [-0.39, 0.29) is 0 Å². The van der Waals surface area contributed by atoms with E-state index in [1.54, 1.807) is 5.57 Å². The Balaban J connectivity index is 2.32. The maximum Gasteiger partial charge on any atom is 0.0122 e. The Kier molecular flexibility index (Phi) is 2.79. The molecule has 2 rings (SSSR count). The predicted octanol–water partition coefficient (Wildman–Crippen LogP) is 4.58. The van der Waals surface area contributed by atoms with Crippen molar-refractivity contribution in [2.24, 2.45) is 23.2 Å². The Morgan fingerprint density at radius 3 is 2.60 bits per heavy atom. The summed E-state index contributed by atoms with van der Waals surface area (Å²) in [6.07, 6.45) is 11.5. The van der Waals surface area contributed by atoms with Gasteiger partial charge in [-0.3, -0.25) is 0 Å². The van der Waals surface area contributed by atoms with Crippen LogP contribution < -0.4 is 0 Å². The molecule has 3 atom stereocenters. The van der Waals surface area contributed by atoms with Crippen LogP contribution >= 0.6 is 0 Å². The number of hydrogen-bond donors (Lipinski definition) is 0. The van der Waals surface area contributed by atoms with Crippen LogP contribution in [0.5, 0.6) is 0 Å². The first-order chi connectivity index (χ1) is 7.06. The largest absolute Gasteiger partial charge is 0.0848 e. The molecule has 2 aliphatic carbocycles. The van der Waals surface area contributed by atoms with Crippen molar-refractivity contribution in [3.05, 3.63) is 23.8 Å². The number of rotatable bonds is 1. The molecule has 0 aromatic rings. The zero-order valence-electron chi connectivity index (χ0n) is 10.6. The van der Waals surface area contributed by atoms with Crippen LogP contribution in [-0.2, 0) is 0 Å². The molecule has 0 aromatic heterocycles. The number of hydrogen-bond acceptors (Lipinski definition) is 0. The van der Waals surface area contributed by atoms with Gasteiger partial charge in [-0.05, 0) is 37.0 Å². The fourth-order valence-corrected chi connectivity index (χ4v) is 3.40. The van der Waals surface area contributed by atoms with Crippen LogP contribution in [0.4, 0.5) is 0 Å². The second kappa shape index (κ2) is 3.81. The molecule has 0 nitrogen and oxygen atoms in total. The summed E-state index contributed by atoms with van der Waals surface area (Å²) in [7, 11) is 0. The third-order valence-corrected chi connectivity index (χ3v) is 4.47. The molecule has 0 saturated heterocycles. The first kappa shape index (κ1) is 11.0. The molecule has 0 aromatic carbocycles. The van der Waals surface area contributed by atoms with Crippen LogP contribution in [0.3, 0.4) is 0 Å². The van der Waals surface area contributed by atoms with Crippen molar-refractivity contribution in [1.82, 2.24) is 0 Å². The van der Waals surface area contributed by atoms with Crippen LogP contribution in [0.2, 0.25) is 0 Å². The Morgan fingerprint density at radius 2 is 2.07 bits per heavy atom. The summed E-state index contributed by atoms with van der Waals surface area (Å²) >= 11 is 0. The normalized spacial score (nSPS) is 40.2. The molecule has 0 aliphatic heterocycles. The maximum absolute atomic E-state index is 2.53. The first-order valence-electron chi connectivity index (χ1n) is 6.46. The van der Waals surface area contributed by atoms with Gasteiger partial charge in [0.05, 0.1) is 0 Å². The zero-order valence-corrected chi connectivity index (χ0v) is 10.6. The van der Waals surface area contributed by atoms with Gasteiger partial charge in [-0.2, -0.15) is 0 Å². The highest BCUT2D eigenvalue weighted by Crippen LogP contribution is 2.53. The summed E-state index contributed by atoms with van der Waals surface area (Å²) < 4.78 is 0. The van der Waals surface area contributed by atoms with Crippen molar-refractivity contribution in [3.8, 4) is 0 Å². The lowest BCUT2D eigenvalue weighted by atomic mass is 9.65. The average molecular weight is 204 g/mol. The lowest BCUT2D eigenvalue weighted by Gasteiger charge is -2.39. The van der Waals surface area contributed by atoms with Gasteiger partial charge >= 0.3 is 0 Å². The summed E-state index contributed by atoms with van der Waals surface area (Å²) in [5, 5.41) is 0. The van der Waals surface area contributed by atoms with E-state index >= 15 is 0 Å². The first-order valence-corrected chi connectivity index (χ1v) is 6.46. The standard InChI is InChI=1S/C15H24/c1-11(2)14-6-5-13(4)15(14)9-7-12(3)8-10-15/h6-7,9,11-13H,5,8,10H2,1-4H3/t12?,13-,15?/m0/s1. The van der Waals surface area contributed by atoms with E-state index in [9.17, 15) is 0 Å². The highest BCUT2D eigenvalue weighted by molar-refractivity contribution is 5.32. The summed E-state index contributed by atoms with van der Waals surface area (Å²) in [6.45, 7) is 9.45.